The van der Waals surface area contributed by atoms with Crippen LogP contribution < -0.4 is 9.47 Å². The van der Waals surface area contributed by atoms with E-state index in [1.807, 2.05) is 6.92 Å². The fraction of sp³-hybridized carbons (Fsp3) is 0.316. The average molecular weight is 406 g/mol. The number of hydrogen-bond donors (Lipinski definition) is 1. The molecule has 0 amide bonds. The predicted octanol–water partition coefficient (Wildman–Crippen LogP) is 3.59. The van der Waals surface area contributed by atoms with Crippen LogP contribution in [0.4, 0.5) is 0 Å². The zero-order chi connectivity index (χ0) is 20.6. The molecule has 0 unspecified atom stereocenters. The van der Waals surface area contributed by atoms with Crippen molar-refractivity contribution in [2.24, 2.45) is 9.63 Å². The fourth-order valence-corrected chi connectivity index (χ4v) is 3.06. The van der Waals surface area contributed by atoms with Gasteiger partial charge in [-0.3, -0.25) is 4.79 Å². The van der Waals surface area contributed by atoms with Crippen LogP contribution in [-0.4, -0.2) is 33.2 Å². The van der Waals surface area contributed by atoms with Crippen LogP contribution in [0, 0.1) is 6.92 Å². The zero-order valence-electron chi connectivity index (χ0n) is 15.7. The van der Waals surface area contributed by atoms with Crippen LogP contribution in [0.25, 0.3) is 0 Å². The summed E-state index contributed by atoms with van der Waals surface area (Å²) in [5, 5.41) is 12.4. The van der Waals surface area contributed by atoms with Crippen molar-refractivity contribution in [2.45, 2.75) is 31.2 Å². The van der Waals surface area contributed by atoms with Crippen molar-refractivity contribution in [1.82, 2.24) is 0 Å². The molecule has 28 heavy (non-hydrogen) atoms. The van der Waals surface area contributed by atoms with Crippen molar-refractivity contribution in [2.75, 3.05) is 13.7 Å². The molecule has 0 radical (unpaired) electrons. The number of hydrogen-bond acceptors (Lipinski definition) is 6. The Hall–Kier alpha value is -2.94. The molecule has 0 aliphatic carbocycles. The molecule has 0 fully saturated rings. The smallest absolute Gasteiger partial charge is 0.303 e. The van der Waals surface area contributed by atoms with E-state index in [1.165, 1.54) is 19.2 Å². The van der Waals surface area contributed by atoms with Crippen LogP contribution in [0.5, 0.6) is 11.5 Å². The van der Waals surface area contributed by atoms with Gasteiger partial charge in [0, 0.05) is 6.42 Å². The molecule has 0 bridgehead atoms. The van der Waals surface area contributed by atoms with Crippen LogP contribution in [0.1, 0.15) is 24.0 Å². The summed E-state index contributed by atoms with van der Waals surface area (Å²) in [5.74, 6) is 0.0436. The first kappa shape index (κ1) is 21.4. The SMILES string of the molecule is COc1cc(CN=NS(=O)(=O)c2ccc(C)cc2)ccc1OCCCC(=O)O. The van der Waals surface area contributed by atoms with Gasteiger partial charge in [0.1, 0.15) is 0 Å². The summed E-state index contributed by atoms with van der Waals surface area (Å²) >= 11 is 0. The minimum Gasteiger partial charge on any atom is -0.493 e. The molecule has 0 aliphatic heterocycles. The summed E-state index contributed by atoms with van der Waals surface area (Å²) in [6.07, 6.45) is 0.404. The van der Waals surface area contributed by atoms with Crippen molar-refractivity contribution in [1.29, 1.82) is 0 Å². The number of nitrogens with zero attached hydrogens (tertiary/aromatic N) is 2. The molecule has 8 nitrogen and oxygen atoms in total. The lowest BCUT2D eigenvalue weighted by Crippen LogP contribution is -2.03. The normalized spacial score (nSPS) is 11.5. The Morgan fingerprint density at radius 2 is 1.82 bits per heavy atom. The molecular formula is C19H22N2O6S. The quantitative estimate of drug-likeness (QED) is 0.476. The zero-order valence-corrected chi connectivity index (χ0v) is 16.5. The van der Waals surface area contributed by atoms with Crippen molar-refractivity contribution in [3.8, 4) is 11.5 Å². The number of aliphatic carboxylic acids is 1. The van der Waals surface area contributed by atoms with E-state index in [2.05, 4.69) is 9.63 Å². The molecule has 0 aliphatic rings. The molecule has 2 aromatic carbocycles. The average Bonchev–Trinajstić information content (AvgIpc) is 2.66. The van der Waals surface area contributed by atoms with Gasteiger partial charge in [-0.25, -0.2) is 0 Å². The van der Waals surface area contributed by atoms with Gasteiger partial charge in [-0.05, 0) is 43.2 Å². The van der Waals surface area contributed by atoms with Crippen molar-refractivity contribution in [3.05, 3.63) is 53.6 Å². The maximum atomic E-state index is 12.2. The molecule has 0 heterocycles. The highest BCUT2D eigenvalue weighted by Gasteiger charge is 2.12. The van der Waals surface area contributed by atoms with Gasteiger partial charge in [0.15, 0.2) is 11.5 Å². The molecule has 0 saturated heterocycles. The van der Waals surface area contributed by atoms with E-state index in [4.69, 9.17) is 14.6 Å². The highest BCUT2D eigenvalue weighted by atomic mass is 32.2. The number of carboxylic acid groups (broad SMARTS) is 1. The second-order valence-corrected chi connectivity index (χ2v) is 7.59. The number of benzene rings is 2. The lowest BCUT2D eigenvalue weighted by Gasteiger charge is -2.11. The molecular weight excluding hydrogens is 384 g/mol. The van der Waals surface area contributed by atoms with Crippen LogP contribution in [0.2, 0.25) is 0 Å². The highest BCUT2D eigenvalue weighted by Crippen LogP contribution is 2.28. The molecule has 0 spiro atoms. The molecule has 2 aromatic rings. The van der Waals surface area contributed by atoms with Gasteiger partial charge in [0.25, 0.3) is 10.0 Å². The largest absolute Gasteiger partial charge is 0.493 e. The Labute approximate surface area is 163 Å². The third-order valence-electron chi connectivity index (χ3n) is 3.76. The molecule has 1 N–H and O–H groups in total. The monoisotopic (exact) mass is 406 g/mol. The van der Waals surface area contributed by atoms with Gasteiger partial charge < -0.3 is 14.6 Å². The topological polar surface area (TPSA) is 115 Å². The van der Waals surface area contributed by atoms with Crippen molar-refractivity contribution < 1.29 is 27.8 Å². The summed E-state index contributed by atoms with van der Waals surface area (Å²) in [5.41, 5.74) is 1.64. The third kappa shape index (κ3) is 6.34. The summed E-state index contributed by atoms with van der Waals surface area (Å²) in [4.78, 5) is 10.6. The van der Waals surface area contributed by atoms with Gasteiger partial charge in [-0.2, -0.15) is 13.5 Å². The van der Waals surface area contributed by atoms with E-state index in [-0.39, 0.29) is 24.5 Å². The number of rotatable bonds is 10. The Bertz CT molecular complexity index is 939. The van der Waals surface area contributed by atoms with Crippen molar-refractivity contribution in [3.63, 3.8) is 0 Å². The van der Waals surface area contributed by atoms with Crippen LogP contribution in [0.3, 0.4) is 0 Å². The Morgan fingerprint density at radius 3 is 2.46 bits per heavy atom. The number of ether oxygens (including phenoxy) is 2. The molecule has 0 aromatic heterocycles. The minimum absolute atomic E-state index is 0.0240. The number of carboxylic acids is 1. The summed E-state index contributed by atoms with van der Waals surface area (Å²) in [7, 11) is -2.36. The second kappa shape index (κ2) is 9.84. The lowest BCUT2D eigenvalue weighted by atomic mass is 10.2. The Morgan fingerprint density at radius 1 is 1.11 bits per heavy atom. The summed E-state index contributed by atoms with van der Waals surface area (Å²) in [6, 6.07) is 11.4. The predicted molar refractivity (Wildman–Crippen MR) is 102 cm³/mol. The van der Waals surface area contributed by atoms with Crippen LogP contribution >= 0.6 is 0 Å². The fourth-order valence-electron chi connectivity index (χ4n) is 2.28. The summed E-state index contributed by atoms with van der Waals surface area (Å²) in [6.45, 7) is 2.17. The number of aryl methyl sites for hydroxylation is 1. The van der Waals surface area contributed by atoms with Crippen LogP contribution in [-0.2, 0) is 21.4 Å². The first-order chi connectivity index (χ1) is 13.3. The maximum absolute atomic E-state index is 12.2. The Balaban J connectivity index is 2.01. The molecule has 150 valence electrons. The third-order valence-corrected chi connectivity index (χ3v) is 4.96. The highest BCUT2D eigenvalue weighted by molar-refractivity contribution is 7.90. The maximum Gasteiger partial charge on any atom is 0.303 e. The molecule has 0 atom stereocenters. The molecule has 0 saturated carbocycles. The first-order valence-corrected chi connectivity index (χ1v) is 9.98. The minimum atomic E-state index is -3.84. The Kier molecular flexibility index (Phi) is 7.51. The van der Waals surface area contributed by atoms with Crippen molar-refractivity contribution >= 4 is 16.0 Å². The van der Waals surface area contributed by atoms with E-state index < -0.39 is 16.0 Å². The number of carbonyl (C=O) groups is 1. The number of sulfonamides is 1. The lowest BCUT2D eigenvalue weighted by molar-refractivity contribution is -0.137. The summed E-state index contributed by atoms with van der Waals surface area (Å²) < 4.78 is 38.6. The van der Waals surface area contributed by atoms with E-state index in [9.17, 15) is 13.2 Å². The van der Waals surface area contributed by atoms with Gasteiger partial charge in [0.2, 0.25) is 0 Å². The molecule has 9 heteroatoms. The van der Waals surface area contributed by atoms with E-state index >= 15 is 0 Å². The van der Waals surface area contributed by atoms with Gasteiger partial charge in [0.05, 0.1) is 25.2 Å². The van der Waals surface area contributed by atoms with Gasteiger partial charge in [-0.15, -0.1) is 0 Å². The molecule has 2 rings (SSSR count). The van der Waals surface area contributed by atoms with E-state index in [0.29, 0.717) is 23.5 Å². The second-order valence-electron chi connectivity index (χ2n) is 6.00. The van der Waals surface area contributed by atoms with E-state index in [1.54, 1.807) is 30.3 Å². The first-order valence-electron chi connectivity index (χ1n) is 8.54. The number of methoxy groups -OCH3 is 1. The van der Waals surface area contributed by atoms with Gasteiger partial charge >= 0.3 is 5.97 Å². The van der Waals surface area contributed by atoms with Crippen LogP contribution in [0.15, 0.2) is 57.0 Å². The van der Waals surface area contributed by atoms with E-state index in [0.717, 1.165) is 5.56 Å². The van der Waals surface area contributed by atoms with Gasteiger partial charge in [-0.1, -0.05) is 28.3 Å². The standard InChI is InChI=1S/C19H22N2O6S/c1-14-5-8-16(9-6-14)28(24,25)21-20-13-15-7-10-17(18(12-15)26-2)27-11-3-4-19(22)23/h5-10,12H,3-4,11,13H2,1-2H3,(H,22,23).